The number of pyridine rings is 1. The first kappa shape index (κ1) is 15.6. The first-order valence-corrected chi connectivity index (χ1v) is 7.52. The van der Waals surface area contributed by atoms with E-state index < -0.39 is 4.92 Å². The number of hydrogen-bond donors (Lipinski definition) is 2. The third-order valence-electron chi connectivity index (χ3n) is 3.46. The van der Waals surface area contributed by atoms with E-state index in [1.54, 1.807) is 42.9 Å². The number of hydrogen-bond acceptors (Lipinski definition) is 7. The van der Waals surface area contributed by atoms with Gasteiger partial charge < -0.3 is 10.6 Å². The van der Waals surface area contributed by atoms with Crippen molar-refractivity contribution in [2.45, 2.75) is 6.42 Å². The van der Waals surface area contributed by atoms with Crippen molar-refractivity contribution in [2.24, 2.45) is 0 Å². The quantitative estimate of drug-likeness (QED) is 0.391. The molecule has 0 radical (unpaired) electrons. The normalized spacial score (nSPS) is 10.5. The SMILES string of the molecule is O=[N+]([O-])c1ccc(NCCCNc2ncccn2)c2ncccc12. The van der Waals surface area contributed by atoms with E-state index in [9.17, 15) is 10.1 Å². The summed E-state index contributed by atoms with van der Waals surface area (Å²) in [5, 5.41) is 18.0. The van der Waals surface area contributed by atoms with Gasteiger partial charge in [0.1, 0.15) is 5.52 Å². The molecule has 8 nitrogen and oxygen atoms in total. The van der Waals surface area contributed by atoms with Crippen LogP contribution in [-0.4, -0.2) is 33.0 Å². The van der Waals surface area contributed by atoms with Gasteiger partial charge in [-0.3, -0.25) is 15.1 Å². The largest absolute Gasteiger partial charge is 0.383 e. The second-order valence-corrected chi connectivity index (χ2v) is 5.07. The second kappa shape index (κ2) is 7.32. The zero-order valence-electron chi connectivity index (χ0n) is 12.8. The van der Waals surface area contributed by atoms with Crippen molar-refractivity contribution in [1.82, 2.24) is 15.0 Å². The molecule has 2 aromatic heterocycles. The van der Waals surface area contributed by atoms with Crippen LogP contribution in [0.1, 0.15) is 6.42 Å². The Morgan fingerprint density at radius 3 is 2.50 bits per heavy atom. The minimum absolute atomic E-state index is 0.0616. The molecule has 2 heterocycles. The number of benzene rings is 1. The Labute approximate surface area is 138 Å². The molecule has 122 valence electrons. The van der Waals surface area contributed by atoms with E-state index in [4.69, 9.17) is 0 Å². The Hall–Kier alpha value is -3.29. The van der Waals surface area contributed by atoms with Gasteiger partial charge in [-0.15, -0.1) is 0 Å². The van der Waals surface area contributed by atoms with Crippen molar-refractivity contribution in [2.75, 3.05) is 23.7 Å². The highest BCUT2D eigenvalue weighted by Gasteiger charge is 2.14. The van der Waals surface area contributed by atoms with E-state index in [2.05, 4.69) is 25.6 Å². The molecule has 0 saturated heterocycles. The van der Waals surface area contributed by atoms with Crippen molar-refractivity contribution < 1.29 is 4.92 Å². The maximum Gasteiger partial charge on any atom is 0.278 e. The summed E-state index contributed by atoms with van der Waals surface area (Å²) >= 11 is 0. The van der Waals surface area contributed by atoms with Crippen LogP contribution >= 0.6 is 0 Å². The third kappa shape index (κ3) is 3.54. The van der Waals surface area contributed by atoms with Gasteiger partial charge in [0.25, 0.3) is 5.69 Å². The molecule has 8 heteroatoms. The number of aromatic nitrogens is 3. The van der Waals surface area contributed by atoms with Crippen molar-refractivity contribution in [3.05, 3.63) is 59.0 Å². The van der Waals surface area contributed by atoms with Crippen LogP contribution < -0.4 is 10.6 Å². The number of anilines is 2. The number of nitrogens with zero attached hydrogens (tertiary/aromatic N) is 4. The van der Waals surface area contributed by atoms with Crippen molar-refractivity contribution >= 4 is 28.2 Å². The van der Waals surface area contributed by atoms with Crippen LogP contribution in [0.15, 0.2) is 48.9 Å². The molecule has 0 fully saturated rings. The van der Waals surface area contributed by atoms with Gasteiger partial charge in [-0.05, 0) is 30.7 Å². The predicted octanol–water partition coefficient (Wildman–Crippen LogP) is 2.85. The smallest absolute Gasteiger partial charge is 0.278 e. The van der Waals surface area contributed by atoms with E-state index in [-0.39, 0.29) is 5.69 Å². The topological polar surface area (TPSA) is 106 Å². The lowest BCUT2D eigenvalue weighted by Crippen LogP contribution is -2.11. The Balaban J connectivity index is 1.61. The average molecular weight is 324 g/mol. The van der Waals surface area contributed by atoms with E-state index in [0.29, 0.717) is 23.4 Å². The minimum Gasteiger partial charge on any atom is -0.383 e. The summed E-state index contributed by atoms with van der Waals surface area (Å²) in [6.07, 6.45) is 5.83. The van der Waals surface area contributed by atoms with E-state index in [1.807, 2.05) is 0 Å². The number of nitro benzene ring substituents is 1. The van der Waals surface area contributed by atoms with Crippen molar-refractivity contribution in [1.29, 1.82) is 0 Å². The third-order valence-corrected chi connectivity index (χ3v) is 3.46. The molecule has 3 aromatic rings. The van der Waals surface area contributed by atoms with Gasteiger partial charge in [0, 0.05) is 37.7 Å². The molecule has 0 aliphatic rings. The Morgan fingerprint density at radius 2 is 1.71 bits per heavy atom. The number of fused-ring (bicyclic) bond motifs is 1. The standard InChI is InChI=1S/C16H16N6O2/c23-22(24)14-6-5-13(15-12(14)4-1-7-18-15)17-8-2-9-19-16-20-10-3-11-21-16/h1,3-7,10-11,17H,2,8-9H2,(H,19,20,21). The highest BCUT2D eigenvalue weighted by Crippen LogP contribution is 2.29. The highest BCUT2D eigenvalue weighted by molar-refractivity contribution is 5.96. The number of nitrogens with one attached hydrogen (secondary N) is 2. The Kier molecular flexibility index (Phi) is 4.76. The van der Waals surface area contributed by atoms with Crippen LogP contribution in [0.5, 0.6) is 0 Å². The zero-order chi connectivity index (χ0) is 16.8. The van der Waals surface area contributed by atoms with Crippen LogP contribution in [-0.2, 0) is 0 Å². The molecule has 0 saturated carbocycles. The zero-order valence-corrected chi connectivity index (χ0v) is 12.8. The number of non-ortho nitro benzene ring substituents is 1. The Morgan fingerprint density at radius 1 is 0.958 bits per heavy atom. The van der Waals surface area contributed by atoms with E-state index in [0.717, 1.165) is 18.7 Å². The van der Waals surface area contributed by atoms with Crippen LogP contribution in [0.2, 0.25) is 0 Å². The molecule has 0 aliphatic carbocycles. The monoisotopic (exact) mass is 324 g/mol. The first-order chi connectivity index (χ1) is 11.8. The molecule has 0 amide bonds. The summed E-state index contributed by atoms with van der Waals surface area (Å²) in [6.45, 7) is 1.42. The molecular formula is C16H16N6O2. The van der Waals surface area contributed by atoms with Gasteiger partial charge in [-0.25, -0.2) is 9.97 Å². The van der Waals surface area contributed by atoms with Gasteiger partial charge in [0.2, 0.25) is 5.95 Å². The van der Waals surface area contributed by atoms with Gasteiger partial charge >= 0.3 is 0 Å². The van der Waals surface area contributed by atoms with Crippen LogP contribution in [0, 0.1) is 10.1 Å². The molecule has 0 aliphatic heterocycles. The van der Waals surface area contributed by atoms with Gasteiger partial charge in [-0.2, -0.15) is 0 Å². The summed E-state index contributed by atoms with van der Waals surface area (Å²) in [5.74, 6) is 0.597. The van der Waals surface area contributed by atoms with Gasteiger partial charge in [0.15, 0.2) is 0 Å². The van der Waals surface area contributed by atoms with Gasteiger partial charge in [-0.1, -0.05) is 0 Å². The molecule has 3 rings (SSSR count). The van der Waals surface area contributed by atoms with Gasteiger partial charge in [0.05, 0.1) is 16.0 Å². The van der Waals surface area contributed by atoms with E-state index >= 15 is 0 Å². The first-order valence-electron chi connectivity index (χ1n) is 7.52. The highest BCUT2D eigenvalue weighted by atomic mass is 16.6. The van der Waals surface area contributed by atoms with Crippen molar-refractivity contribution in [3.8, 4) is 0 Å². The van der Waals surface area contributed by atoms with Crippen LogP contribution in [0.3, 0.4) is 0 Å². The summed E-state index contributed by atoms with van der Waals surface area (Å²) in [4.78, 5) is 23.1. The fourth-order valence-electron chi connectivity index (χ4n) is 2.36. The average Bonchev–Trinajstić information content (AvgIpc) is 2.62. The summed E-state index contributed by atoms with van der Waals surface area (Å²) < 4.78 is 0. The maximum absolute atomic E-state index is 11.1. The lowest BCUT2D eigenvalue weighted by atomic mass is 10.1. The number of rotatable bonds is 7. The molecule has 2 N–H and O–H groups in total. The minimum atomic E-state index is -0.391. The number of nitro groups is 1. The molecule has 0 unspecified atom stereocenters. The summed E-state index contributed by atoms with van der Waals surface area (Å²) in [5.41, 5.74) is 1.45. The molecular weight excluding hydrogens is 308 g/mol. The molecule has 24 heavy (non-hydrogen) atoms. The lowest BCUT2D eigenvalue weighted by Gasteiger charge is -2.10. The Bertz CT molecular complexity index is 840. The maximum atomic E-state index is 11.1. The summed E-state index contributed by atoms with van der Waals surface area (Å²) in [6, 6.07) is 8.37. The predicted molar refractivity (Wildman–Crippen MR) is 92.0 cm³/mol. The molecule has 0 spiro atoms. The molecule has 0 bridgehead atoms. The lowest BCUT2D eigenvalue weighted by molar-refractivity contribution is -0.383. The fourth-order valence-corrected chi connectivity index (χ4v) is 2.36. The second-order valence-electron chi connectivity index (χ2n) is 5.07. The van der Waals surface area contributed by atoms with Crippen molar-refractivity contribution in [3.63, 3.8) is 0 Å². The van der Waals surface area contributed by atoms with E-state index in [1.165, 1.54) is 6.07 Å². The molecule has 1 aromatic carbocycles. The summed E-state index contributed by atoms with van der Waals surface area (Å²) in [7, 11) is 0. The fraction of sp³-hybridized carbons (Fsp3) is 0.188. The molecule has 0 atom stereocenters. The van der Waals surface area contributed by atoms with Crippen LogP contribution in [0.25, 0.3) is 10.9 Å². The van der Waals surface area contributed by atoms with Crippen LogP contribution in [0.4, 0.5) is 17.3 Å².